The fourth-order valence-electron chi connectivity index (χ4n) is 1.87. The van der Waals surface area contributed by atoms with Gasteiger partial charge in [-0.05, 0) is 53.0 Å². The molecule has 1 fully saturated rings. The second-order valence-electron chi connectivity index (χ2n) is 3.68. The number of benzene rings is 1. The summed E-state index contributed by atoms with van der Waals surface area (Å²) < 4.78 is 13.6. The van der Waals surface area contributed by atoms with E-state index in [-0.39, 0.29) is 18.2 Å². The van der Waals surface area contributed by atoms with E-state index >= 15 is 0 Å². The Morgan fingerprint density at radius 1 is 1.33 bits per heavy atom. The van der Waals surface area contributed by atoms with Gasteiger partial charge in [0.25, 0.3) is 0 Å². The molecule has 0 aromatic heterocycles. The molecule has 0 bridgehead atoms. The van der Waals surface area contributed by atoms with Gasteiger partial charge in [-0.25, -0.2) is 4.39 Å². The van der Waals surface area contributed by atoms with Crippen LogP contribution in [0.2, 0.25) is 0 Å². The molecule has 0 unspecified atom stereocenters. The minimum Gasteiger partial charge on any atom is -0.310 e. The number of hydrogen-bond donors (Lipinski definition) is 1. The minimum absolute atomic E-state index is 0. The van der Waals surface area contributed by atoms with Crippen LogP contribution in [0, 0.1) is 5.82 Å². The fraction of sp³-hybridized carbons (Fsp3) is 0.455. The molecule has 0 radical (unpaired) electrons. The van der Waals surface area contributed by atoms with Gasteiger partial charge in [-0.3, -0.25) is 0 Å². The average molecular weight is 295 g/mol. The van der Waals surface area contributed by atoms with E-state index in [2.05, 4.69) is 21.2 Å². The molecular weight excluding hydrogens is 280 g/mol. The zero-order valence-electron chi connectivity index (χ0n) is 8.30. The van der Waals surface area contributed by atoms with Gasteiger partial charge in [0.1, 0.15) is 5.82 Å². The summed E-state index contributed by atoms with van der Waals surface area (Å²) in [5.41, 5.74) is 1.18. The van der Waals surface area contributed by atoms with E-state index in [9.17, 15) is 4.39 Å². The first-order chi connectivity index (χ1) is 6.77. The van der Waals surface area contributed by atoms with Crippen molar-refractivity contribution in [2.24, 2.45) is 0 Å². The summed E-state index contributed by atoms with van der Waals surface area (Å²) in [7, 11) is 0. The Bertz CT molecular complexity index is 326. The predicted molar refractivity (Wildman–Crippen MR) is 65.9 cm³/mol. The van der Waals surface area contributed by atoms with Gasteiger partial charge in [-0.2, -0.15) is 0 Å². The largest absolute Gasteiger partial charge is 0.310 e. The molecule has 1 heterocycles. The van der Waals surface area contributed by atoms with Crippen molar-refractivity contribution in [1.29, 1.82) is 0 Å². The number of rotatable bonds is 1. The van der Waals surface area contributed by atoms with Crippen molar-refractivity contribution in [2.45, 2.75) is 25.3 Å². The highest BCUT2D eigenvalue weighted by Crippen LogP contribution is 2.26. The van der Waals surface area contributed by atoms with Crippen LogP contribution in [-0.4, -0.2) is 6.54 Å². The molecule has 1 aromatic rings. The Morgan fingerprint density at radius 3 is 2.73 bits per heavy atom. The minimum atomic E-state index is -0.190. The van der Waals surface area contributed by atoms with Gasteiger partial charge in [0.2, 0.25) is 0 Å². The molecule has 15 heavy (non-hydrogen) atoms. The summed E-state index contributed by atoms with van der Waals surface area (Å²) in [6.45, 7) is 1.07. The highest BCUT2D eigenvalue weighted by Gasteiger charge is 2.15. The van der Waals surface area contributed by atoms with E-state index in [0.717, 1.165) is 13.0 Å². The van der Waals surface area contributed by atoms with Crippen molar-refractivity contribution < 1.29 is 4.39 Å². The van der Waals surface area contributed by atoms with E-state index in [1.54, 1.807) is 0 Å². The summed E-state index contributed by atoms with van der Waals surface area (Å²) in [5.74, 6) is -0.190. The summed E-state index contributed by atoms with van der Waals surface area (Å²) in [4.78, 5) is 0. The molecule has 4 heteroatoms. The summed E-state index contributed by atoms with van der Waals surface area (Å²) in [6.07, 6.45) is 3.66. The molecule has 0 aliphatic carbocycles. The Labute approximate surface area is 104 Å². The molecule has 1 atom stereocenters. The number of piperidine rings is 1. The van der Waals surface area contributed by atoms with Gasteiger partial charge in [0, 0.05) is 6.04 Å². The highest BCUT2D eigenvalue weighted by atomic mass is 79.9. The monoisotopic (exact) mass is 293 g/mol. The van der Waals surface area contributed by atoms with Gasteiger partial charge < -0.3 is 5.32 Å². The lowest BCUT2D eigenvalue weighted by Crippen LogP contribution is -2.26. The third-order valence-corrected chi connectivity index (χ3v) is 3.26. The number of halogens is 3. The maximum Gasteiger partial charge on any atom is 0.137 e. The predicted octanol–water partition coefficient (Wildman–Crippen LogP) is 3.82. The first kappa shape index (κ1) is 12.9. The molecule has 1 nitrogen and oxygen atoms in total. The molecule has 0 saturated carbocycles. The zero-order chi connectivity index (χ0) is 9.97. The van der Waals surface area contributed by atoms with Crippen LogP contribution < -0.4 is 5.32 Å². The van der Waals surface area contributed by atoms with Crippen LogP contribution in [0.1, 0.15) is 30.9 Å². The molecule has 1 N–H and O–H groups in total. The highest BCUT2D eigenvalue weighted by molar-refractivity contribution is 9.10. The van der Waals surface area contributed by atoms with E-state index in [4.69, 9.17) is 0 Å². The first-order valence-electron chi connectivity index (χ1n) is 4.96. The van der Waals surface area contributed by atoms with Crippen LogP contribution in [0.5, 0.6) is 0 Å². The molecule has 1 aromatic carbocycles. The van der Waals surface area contributed by atoms with E-state index < -0.39 is 0 Å². The Kier molecular flexibility index (Phi) is 5.03. The topological polar surface area (TPSA) is 12.0 Å². The Hall–Kier alpha value is -0.120. The lowest BCUT2D eigenvalue weighted by atomic mass is 9.98. The molecule has 1 aliphatic rings. The molecule has 2 rings (SSSR count). The number of nitrogens with one attached hydrogen (secondary N) is 1. The van der Waals surface area contributed by atoms with E-state index in [0.29, 0.717) is 10.5 Å². The van der Waals surface area contributed by atoms with Gasteiger partial charge in [0.15, 0.2) is 0 Å². The van der Waals surface area contributed by atoms with Gasteiger partial charge >= 0.3 is 0 Å². The Balaban J connectivity index is 0.00000112. The van der Waals surface area contributed by atoms with Crippen molar-refractivity contribution in [3.8, 4) is 0 Å². The van der Waals surface area contributed by atoms with Crippen LogP contribution in [0.3, 0.4) is 0 Å². The third-order valence-electron chi connectivity index (χ3n) is 2.66. The second-order valence-corrected chi connectivity index (χ2v) is 4.53. The normalized spacial score (nSPS) is 20.8. The summed E-state index contributed by atoms with van der Waals surface area (Å²) >= 11 is 3.21. The standard InChI is InChI=1S/C11H13BrFN.ClH/c12-9-7-8(4-5-10(9)13)11-3-1-2-6-14-11;/h4-5,7,11,14H,1-3,6H2;1H/t11-;/m1./s1. The summed E-state index contributed by atoms with van der Waals surface area (Å²) in [6, 6.07) is 5.66. The third kappa shape index (κ3) is 3.16. The SMILES string of the molecule is Cl.Fc1ccc([C@H]2CCCCN2)cc1Br. The second kappa shape index (κ2) is 5.83. The van der Waals surface area contributed by atoms with Crippen molar-refractivity contribution in [2.75, 3.05) is 6.54 Å². The fourth-order valence-corrected chi connectivity index (χ4v) is 2.26. The molecular formula is C11H14BrClFN. The maximum atomic E-state index is 13.0. The van der Waals surface area contributed by atoms with Crippen molar-refractivity contribution in [3.05, 3.63) is 34.1 Å². The lowest BCUT2D eigenvalue weighted by Gasteiger charge is -2.23. The maximum absolute atomic E-state index is 13.0. The van der Waals surface area contributed by atoms with Crippen molar-refractivity contribution in [3.63, 3.8) is 0 Å². The summed E-state index contributed by atoms with van der Waals surface area (Å²) in [5, 5.41) is 3.44. The van der Waals surface area contributed by atoms with Crippen LogP contribution >= 0.6 is 28.3 Å². The lowest BCUT2D eigenvalue weighted by molar-refractivity contribution is 0.412. The van der Waals surface area contributed by atoms with Crippen LogP contribution in [0.25, 0.3) is 0 Å². The van der Waals surface area contributed by atoms with Crippen LogP contribution in [0.15, 0.2) is 22.7 Å². The van der Waals surface area contributed by atoms with E-state index in [1.807, 2.05) is 12.1 Å². The van der Waals surface area contributed by atoms with Crippen molar-refractivity contribution >= 4 is 28.3 Å². The average Bonchev–Trinajstić information content (AvgIpc) is 2.23. The molecule has 84 valence electrons. The van der Waals surface area contributed by atoms with Gasteiger partial charge in [-0.15, -0.1) is 12.4 Å². The molecule has 0 amide bonds. The smallest absolute Gasteiger partial charge is 0.137 e. The zero-order valence-corrected chi connectivity index (χ0v) is 10.7. The first-order valence-corrected chi connectivity index (χ1v) is 5.75. The molecule has 1 saturated heterocycles. The molecule has 0 spiro atoms. The van der Waals surface area contributed by atoms with E-state index in [1.165, 1.54) is 24.5 Å². The van der Waals surface area contributed by atoms with Gasteiger partial charge in [0.05, 0.1) is 4.47 Å². The van der Waals surface area contributed by atoms with Crippen molar-refractivity contribution in [1.82, 2.24) is 5.32 Å². The van der Waals surface area contributed by atoms with Crippen LogP contribution in [0.4, 0.5) is 4.39 Å². The number of hydrogen-bond acceptors (Lipinski definition) is 1. The quantitative estimate of drug-likeness (QED) is 0.830. The Morgan fingerprint density at radius 2 is 2.13 bits per heavy atom. The van der Waals surface area contributed by atoms with Gasteiger partial charge in [-0.1, -0.05) is 12.5 Å². The molecule has 1 aliphatic heterocycles. The van der Waals surface area contributed by atoms with Crippen LogP contribution in [-0.2, 0) is 0 Å².